The summed E-state index contributed by atoms with van der Waals surface area (Å²) >= 11 is 0. The van der Waals surface area contributed by atoms with Crippen molar-refractivity contribution in [2.75, 3.05) is 0 Å². The van der Waals surface area contributed by atoms with E-state index in [-0.39, 0.29) is 11.6 Å². The van der Waals surface area contributed by atoms with Gasteiger partial charge in [-0.15, -0.1) is 0 Å². The van der Waals surface area contributed by atoms with Crippen LogP contribution in [0.15, 0.2) is 121 Å². The summed E-state index contributed by atoms with van der Waals surface area (Å²) in [4.78, 5) is 29.6. The molecule has 0 radical (unpaired) electrons. The predicted molar refractivity (Wildman–Crippen MR) is 174 cm³/mol. The standard InChI is InChI=1S/C40H38O2/c1-3-5-27-33-34(28-6-4-2)36(30-21-13-8-14-22-30)38(40(42)32-25-17-10-18-26-32)37(35(33)29-19-11-7-12-20-29)39(41)31-23-15-9-16-24-31/h7-26H,3-6,27-28H2,1-2H3. The molecule has 5 rings (SSSR count). The van der Waals surface area contributed by atoms with Gasteiger partial charge in [-0.1, -0.05) is 148 Å². The van der Waals surface area contributed by atoms with E-state index < -0.39 is 0 Å². The topological polar surface area (TPSA) is 34.1 Å². The van der Waals surface area contributed by atoms with Crippen LogP contribution in [-0.4, -0.2) is 11.6 Å². The third-order valence-electron chi connectivity index (χ3n) is 7.93. The van der Waals surface area contributed by atoms with Crippen LogP contribution < -0.4 is 0 Å². The van der Waals surface area contributed by atoms with Crippen LogP contribution in [0, 0.1) is 0 Å². The smallest absolute Gasteiger partial charge is 0.194 e. The summed E-state index contributed by atoms with van der Waals surface area (Å²) in [5.74, 6) is -0.239. The first kappa shape index (κ1) is 29.0. The molecule has 5 aromatic rings. The van der Waals surface area contributed by atoms with Gasteiger partial charge in [0.25, 0.3) is 0 Å². The van der Waals surface area contributed by atoms with Crippen LogP contribution in [0.25, 0.3) is 22.3 Å². The summed E-state index contributed by atoms with van der Waals surface area (Å²) in [5.41, 5.74) is 8.32. The Bertz CT molecular complexity index is 1510. The van der Waals surface area contributed by atoms with Gasteiger partial charge in [0.15, 0.2) is 11.6 Å². The minimum atomic E-state index is -0.120. The van der Waals surface area contributed by atoms with Crippen LogP contribution in [0.2, 0.25) is 0 Å². The van der Waals surface area contributed by atoms with E-state index in [4.69, 9.17) is 0 Å². The van der Waals surface area contributed by atoms with Gasteiger partial charge in [-0.05, 0) is 59.1 Å². The fourth-order valence-corrected chi connectivity index (χ4v) is 5.88. The first-order valence-electron chi connectivity index (χ1n) is 15.2. The first-order valence-corrected chi connectivity index (χ1v) is 15.2. The number of benzene rings is 5. The molecule has 0 bridgehead atoms. The van der Waals surface area contributed by atoms with Gasteiger partial charge in [0.2, 0.25) is 0 Å². The van der Waals surface area contributed by atoms with E-state index in [0.29, 0.717) is 22.3 Å². The summed E-state index contributed by atoms with van der Waals surface area (Å²) < 4.78 is 0. The summed E-state index contributed by atoms with van der Waals surface area (Å²) in [6.45, 7) is 4.41. The van der Waals surface area contributed by atoms with E-state index in [1.54, 1.807) is 0 Å². The fraction of sp³-hybridized carbons (Fsp3) is 0.200. The van der Waals surface area contributed by atoms with Crippen LogP contribution in [-0.2, 0) is 12.8 Å². The van der Waals surface area contributed by atoms with Crippen molar-refractivity contribution in [3.63, 3.8) is 0 Å². The molecule has 0 heterocycles. The lowest BCUT2D eigenvalue weighted by molar-refractivity contribution is 0.100. The summed E-state index contributed by atoms with van der Waals surface area (Å²) in [5, 5.41) is 0. The molecule has 42 heavy (non-hydrogen) atoms. The van der Waals surface area contributed by atoms with E-state index in [1.807, 2.05) is 97.1 Å². The summed E-state index contributed by atoms with van der Waals surface area (Å²) in [6, 6.07) is 39.2. The third-order valence-corrected chi connectivity index (χ3v) is 7.93. The normalized spacial score (nSPS) is 10.9. The van der Waals surface area contributed by atoms with E-state index in [1.165, 1.54) is 11.1 Å². The Hall–Kier alpha value is -4.56. The molecule has 0 spiro atoms. The Balaban J connectivity index is 2.01. The molecular formula is C40H38O2. The number of rotatable bonds is 12. The van der Waals surface area contributed by atoms with Crippen molar-refractivity contribution >= 4 is 11.6 Å². The van der Waals surface area contributed by atoms with Crippen molar-refractivity contribution < 1.29 is 9.59 Å². The van der Waals surface area contributed by atoms with Crippen LogP contribution in [0.1, 0.15) is 82.5 Å². The molecule has 2 heteroatoms. The maximum Gasteiger partial charge on any atom is 0.194 e. The molecule has 0 aromatic heterocycles. The summed E-state index contributed by atoms with van der Waals surface area (Å²) in [7, 11) is 0. The highest BCUT2D eigenvalue weighted by atomic mass is 16.1. The lowest BCUT2D eigenvalue weighted by Gasteiger charge is -2.27. The van der Waals surface area contributed by atoms with Gasteiger partial charge in [0, 0.05) is 22.3 Å². The van der Waals surface area contributed by atoms with Crippen LogP contribution in [0.4, 0.5) is 0 Å². The quantitative estimate of drug-likeness (QED) is 0.145. The van der Waals surface area contributed by atoms with Crippen LogP contribution in [0.5, 0.6) is 0 Å². The van der Waals surface area contributed by atoms with Gasteiger partial charge in [-0.3, -0.25) is 9.59 Å². The van der Waals surface area contributed by atoms with Crippen LogP contribution >= 0.6 is 0 Å². The second kappa shape index (κ2) is 13.9. The zero-order chi connectivity index (χ0) is 29.3. The highest BCUT2D eigenvalue weighted by Crippen LogP contribution is 2.44. The van der Waals surface area contributed by atoms with Crippen molar-refractivity contribution in [1.29, 1.82) is 0 Å². The van der Waals surface area contributed by atoms with Gasteiger partial charge in [0.05, 0.1) is 0 Å². The molecule has 0 aliphatic carbocycles. The molecule has 0 saturated heterocycles. The molecule has 2 nitrogen and oxygen atoms in total. The maximum absolute atomic E-state index is 14.8. The summed E-state index contributed by atoms with van der Waals surface area (Å²) in [6.07, 6.45) is 5.75. The fourth-order valence-electron chi connectivity index (χ4n) is 5.88. The molecule has 0 aliphatic heterocycles. The lowest BCUT2D eigenvalue weighted by Crippen LogP contribution is -2.19. The molecule has 0 saturated carbocycles. The largest absolute Gasteiger partial charge is 0.289 e. The van der Waals surface area contributed by atoms with Crippen molar-refractivity contribution in [1.82, 2.24) is 0 Å². The molecule has 0 N–H and O–H groups in total. The van der Waals surface area contributed by atoms with Gasteiger partial charge in [-0.25, -0.2) is 0 Å². The first-order chi connectivity index (χ1) is 20.7. The minimum absolute atomic E-state index is 0.120. The zero-order valence-corrected chi connectivity index (χ0v) is 24.6. The van der Waals surface area contributed by atoms with E-state index in [0.717, 1.165) is 60.8 Å². The molecular weight excluding hydrogens is 512 g/mol. The highest BCUT2D eigenvalue weighted by molar-refractivity contribution is 6.25. The van der Waals surface area contributed by atoms with Crippen molar-refractivity contribution in [2.45, 2.75) is 52.4 Å². The molecule has 0 fully saturated rings. The number of carbonyl (C=O) groups is 2. The molecule has 0 atom stereocenters. The Morgan fingerprint density at radius 1 is 0.452 bits per heavy atom. The third kappa shape index (κ3) is 6.04. The molecule has 0 amide bonds. The van der Waals surface area contributed by atoms with Crippen molar-refractivity contribution in [3.8, 4) is 22.3 Å². The second-order valence-corrected chi connectivity index (χ2v) is 10.8. The Morgan fingerprint density at radius 3 is 1.07 bits per heavy atom. The number of unbranched alkanes of at least 4 members (excludes halogenated alkanes) is 2. The van der Waals surface area contributed by atoms with Crippen molar-refractivity contribution in [3.05, 3.63) is 155 Å². The lowest BCUT2D eigenvalue weighted by atomic mass is 9.75. The van der Waals surface area contributed by atoms with Gasteiger partial charge < -0.3 is 0 Å². The Morgan fingerprint density at radius 2 is 0.762 bits per heavy atom. The molecule has 5 aromatic carbocycles. The number of ketones is 2. The number of carbonyl (C=O) groups excluding carboxylic acids is 2. The Labute approximate surface area is 250 Å². The van der Waals surface area contributed by atoms with Crippen molar-refractivity contribution in [2.24, 2.45) is 0 Å². The van der Waals surface area contributed by atoms with Crippen LogP contribution in [0.3, 0.4) is 0 Å². The predicted octanol–water partition coefficient (Wildman–Crippen LogP) is 10.2. The minimum Gasteiger partial charge on any atom is -0.289 e. The number of hydrogen-bond acceptors (Lipinski definition) is 2. The maximum atomic E-state index is 14.8. The zero-order valence-electron chi connectivity index (χ0n) is 24.6. The Kier molecular flexibility index (Phi) is 9.56. The molecule has 0 unspecified atom stereocenters. The van der Waals surface area contributed by atoms with E-state index in [2.05, 4.69) is 38.1 Å². The monoisotopic (exact) mass is 550 g/mol. The number of hydrogen-bond donors (Lipinski definition) is 0. The molecule has 210 valence electrons. The van der Waals surface area contributed by atoms with Gasteiger partial charge in [-0.2, -0.15) is 0 Å². The van der Waals surface area contributed by atoms with E-state index in [9.17, 15) is 9.59 Å². The average molecular weight is 551 g/mol. The SMILES string of the molecule is CCCCc1c(CCCC)c(-c2ccccc2)c(C(=O)c2ccccc2)c(C(=O)c2ccccc2)c1-c1ccccc1. The highest BCUT2D eigenvalue weighted by Gasteiger charge is 2.32. The van der Waals surface area contributed by atoms with E-state index >= 15 is 0 Å². The van der Waals surface area contributed by atoms with Gasteiger partial charge in [0.1, 0.15) is 0 Å². The van der Waals surface area contributed by atoms with Gasteiger partial charge >= 0.3 is 0 Å². The average Bonchev–Trinajstić information content (AvgIpc) is 3.06. The molecule has 0 aliphatic rings. The second-order valence-electron chi connectivity index (χ2n) is 10.8.